The smallest absolute Gasteiger partial charge is 0.339 e. The second-order valence-corrected chi connectivity index (χ2v) is 4.80. The molecule has 0 bridgehead atoms. The van der Waals surface area contributed by atoms with E-state index in [2.05, 4.69) is 19.6 Å². The van der Waals surface area contributed by atoms with E-state index >= 15 is 0 Å². The number of rotatable bonds is 2. The molecule has 0 aromatic carbocycles. The lowest BCUT2D eigenvalue weighted by Gasteiger charge is -2.32. The predicted octanol–water partition coefficient (Wildman–Crippen LogP) is 2.28. The fourth-order valence-corrected chi connectivity index (χ4v) is 2.29. The Hall–Kier alpha value is -1.88. The Morgan fingerprint density at radius 2 is 2.21 bits per heavy atom. The van der Waals surface area contributed by atoms with E-state index in [9.17, 15) is 4.79 Å². The van der Waals surface area contributed by atoms with Crippen molar-refractivity contribution >= 4 is 34.4 Å². The molecule has 1 aliphatic rings. The van der Waals surface area contributed by atoms with Crippen molar-refractivity contribution in [2.45, 2.75) is 6.42 Å². The fraction of sp³-hybridized carbons (Fsp3) is 0.308. The average Bonchev–Trinajstić information content (AvgIpc) is 2.36. The van der Waals surface area contributed by atoms with Gasteiger partial charge >= 0.3 is 5.97 Å². The summed E-state index contributed by atoms with van der Waals surface area (Å²) >= 11 is 6.23. The molecule has 0 spiro atoms. The minimum atomic E-state index is -0.419. The van der Waals surface area contributed by atoms with Gasteiger partial charge in [-0.3, -0.25) is 0 Å². The fourth-order valence-electron chi connectivity index (χ4n) is 2.01. The molecule has 0 unspecified atom stereocenters. The topological polar surface area (TPSA) is 55.3 Å². The third-order valence-electron chi connectivity index (χ3n) is 3.18. The third-order valence-corrected chi connectivity index (χ3v) is 3.46. The van der Waals surface area contributed by atoms with Gasteiger partial charge in [0.15, 0.2) is 5.65 Å². The number of pyridine rings is 2. The molecule has 0 atom stereocenters. The summed E-state index contributed by atoms with van der Waals surface area (Å²) < 4.78 is 4.66. The number of methoxy groups -OCH3 is 1. The van der Waals surface area contributed by atoms with E-state index in [1.165, 1.54) is 13.3 Å². The summed E-state index contributed by atoms with van der Waals surface area (Å²) in [5.74, 6) is 0.344. The van der Waals surface area contributed by atoms with Crippen LogP contribution in [0.4, 0.5) is 5.82 Å². The zero-order chi connectivity index (χ0) is 13.4. The highest BCUT2D eigenvalue weighted by Gasteiger charge is 2.20. The summed E-state index contributed by atoms with van der Waals surface area (Å²) in [5, 5.41) is 1.31. The number of carbonyl (C=O) groups excluding carboxylic acids is 1. The number of carbonyl (C=O) groups is 1. The monoisotopic (exact) mass is 277 g/mol. The maximum atomic E-state index is 11.4. The number of esters is 1. The van der Waals surface area contributed by atoms with Crippen molar-refractivity contribution in [3.63, 3.8) is 0 Å². The van der Waals surface area contributed by atoms with Crippen molar-refractivity contribution < 1.29 is 9.53 Å². The van der Waals surface area contributed by atoms with Gasteiger partial charge in [-0.05, 0) is 18.6 Å². The Balaban J connectivity index is 2.07. The van der Waals surface area contributed by atoms with Gasteiger partial charge in [-0.25, -0.2) is 14.8 Å². The van der Waals surface area contributed by atoms with Crippen LogP contribution in [-0.4, -0.2) is 36.1 Å². The number of hydrogen-bond donors (Lipinski definition) is 0. The molecular formula is C13H12ClN3O2. The molecule has 2 aromatic heterocycles. The minimum Gasteiger partial charge on any atom is -0.465 e. The Morgan fingerprint density at radius 3 is 2.84 bits per heavy atom. The molecule has 5 nitrogen and oxygen atoms in total. The first-order chi connectivity index (χ1) is 9.19. The van der Waals surface area contributed by atoms with Gasteiger partial charge in [-0.1, -0.05) is 11.6 Å². The van der Waals surface area contributed by atoms with Gasteiger partial charge in [0.1, 0.15) is 5.82 Å². The quantitative estimate of drug-likeness (QED) is 0.788. The number of anilines is 1. The number of ether oxygens (including phenoxy) is 1. The highest BCUT2D eigenvalue weighted by molar-refractivity contribution is 6.33. The van der Waals surface area contributed by atoms with Crippen LogP contribution in [0, 0.1) is 0 Å². The van der Waals surface area contributed by atoms with E-state index in [-0.39, 0.29) is 0 Å². The number of aromatic nitrogens is 2. The Labute approximate surface area is 115 Å². The van der Waals surface area contributed by atoms with Crippen LogP contribution < -0.4 is 4.90 Å². The zero-order valence-corrected chi connectivity index (χ0v) is 11.1. The Kier molecular flexibility index (Phi) is 2.98. The van der Waals surface area contributed by atoms with Crippen LogP contribution in [0.1, 0.15) is 16.8 Å². The first-order valence-electron chi connectivity index (χ1n) is 5.98. The average molecular weight is 278 g/mol. The molecule has 0 radical (unpaired) electrons. The molecule has 6 heteroatoms. The zero-order valence-electron chi connectivity index (χ0n) is 10.4. The second kappa shape index (κ2) is 4.66. The van der Waals surface area contributed by atoms with Crippen molar-refractivity contribution in [1.82, 2.24) is 9.97 Å². The maximum absolute atomic E-state index is 11.4. The molecule has 98 valence electrons. The van der Waals surface area contributed by atoms with Crippen molar-refractivity contribution in [2.24, 2.45) is 0 Å². The normalized spacial score (nSPS) is 14.3. The maximum Gasteiger partial charge on any atom is 0.339 e. The summed E-state index contributed by atoms with van der Waals surface area (Å²) in [7, 11) is 1.34. The molecule has 3 rings (SSSR count). The molecule has 1 saturated heterocycles. The van der Waals surface area contributed by atoms with Crippen LogP contribution in [0.3, 0.4) is 0 Å². The predicted molar refractivity (Wildman–Crippen MR) is 72.7 cm³/mol. The molecule has 0 aliphatic carbocycles. The van der Waals surface area contributed by atoms with Crippen LogP contribution >= 0.6 is 11.6 Å². The SMILES string of the molecule is COC(=O)c1cnc2nc(N3CCC3)c(Cl)cc2c1. The highest BCUT2D eigenvalue weighted by Crippen LogP contribution is 2.30. The van der Waals surface area contributed by atoms with Gasteiger partial charge in [-0.15, -0.1) is 0 Å². The Morgan fingerprint density at radius 1 is 1.42 bits per heavy atom. The van der Waals surface area contributed by atoms with Gasteiger partial charge in [0.05, 0.1) is 17.7 Å². The van der Waals surface area contributed by atoms with E-state index in [1.54, 1.807) is 12.1 Å². The molecule has 2 aromatic rings. The first kappa shape index (κ1) is 12.2. The number of hydrogen-bond acceptors (Lipinski definition) is 5. The van der Waals surface area contributed by atoms with Crippen LogP contribution in [0.25, 0.3) is 11.0 Å². The summed E-state index contributed by atoms with van der Waals surface area (Å²) in [6.45, 7) is 1.94. The van der Waals surface area contributed by atoms with Crippen molar-refractivity contribution in [2.75, 3.05) is 25.1 Å². The van der Waals surface area contributed by atoms with Crippen LogP contribution in [-0.2, 0) is 4.74 Å². The van der Waals surface area contributed by atoms with Crippen LogP contribution in [0.5, 0.6) is 0 Å². The van der Waals surface area contributed by atoms with Crippen molar-refractivity contribution in [1.29, 1.82) is 0 Å². The molecule has 1 aliphatic heterocycles. The van der Waals surface area contributed by atoms with E-state index in [1.807, 2.05) is 0 Å². The Bertz CT molecular complexity index is 656. The van der Waals surface area contributed by atoms with Crippen LogP contribution in [0.2, 0.25) is 5.02 Å². The largest absolute Gasteiger partial charge is 0.465 e. The first-order valence-corrected chi connectivity index (χ1v) is 6.36. The highest BCUT2D eigenvalue weighted by atomic mass is 35.5. The van der Waals surface area contributed by atoms with E-state index in [0.717, 1.165) is 30.7 Å². The van der Waals surface area contributed by atoms with Gasteiger partial charge < -0.3 is 9.64 Å². The van der Waals surface area contributed by atoms with E-state index in [4.69, 9.17) is 11.6 Å². The minimum absolute atomic E-state index is 0.393. The van der Waals surface area contributed by atoms with E-state index < -0.39 is 5.97 Å². The standard InChI is InChI=1S/C13H12ClN3O2/c1-19-13(18)9-5-8-6-10(14)12(17-3-2-4-17)16-11(8)15-7-9/h5-7H,2-4H2,1H3. The second-order valence-electron chi connectivity index (χ2n) is 4.40. The van der Waals surface area contributed by atoms with Gasteiger partial charge in [0.2, 0.25) is 0 Å². The molecule has 0 saturated carbocycles. The van der Waals surface area contributed by atoms with Crippen molar-refractivity contribution in [3.05, 3.63) is 28.9 Å². The molecule has 19 heavy (non-hydrogen) atoms. The van der Waals surface area contributed by atoms with Crippen LogP contribution in [0.15, 0.2) is 18.3 Å². The lowest BCUT2D eigenvalue weighted by atomic mass is 10.2. The molecule has 0 amide bonds. The lowest BCUT2D eigenvalue weighted by molar-refractivity contribution is 0.0600. The summed E-state index contributed by atoms with van der Waals surface area (Å²) in [4.78, 5) is 22.2. The lowest BCUT2D eigenvalue weighted by Crippen LogP contribution is -2.37. The molecular weight excluding hydrogens is 266 g/mol. The summed E-state index contributed by atoms with van der Waals surface area (Å²) in [6, 6.07) is 3.48. The van der Waals surface area contributed by atoms with E-state index in [0.29, 0.717) is 16.2 Å². The number of fused-ring (bicyclic) bond motifs is 1. The van der Waals surface area contributed by atoms with Gasteiger partial charge in [-0.2, -0.15) is 0 Å². The number of halogens is 1. The van der Waals surface area contributed by atoms with Gasteiger partial charge in [0, 0.05) is 24.7 Å². The molecule has 0 N–H and O–H groups in total. The molecule has 3 heterocycles. The summed E-state index contributed by atoms with van der Waals surface area (Å²) in [5.41, 5.74) is 0.975. The van der Waals surface area contributed by atoms with Crippen molar-refractivity contribution in [3.8, 4) is 0 Å². The molecule has 1 fully saturated rings. The third kappa shape index (κ3) is 2.10. The number of nitrogens with zero attached hydrogens (tertiary/aromatic N) is 3. The van der Waals surface area contributed by atoms with Gasteiger partial charge in [0.25, 0.3) is 0 Å². The summed E-state index contributed by atoms with van der Waals surface area (Å²) in [6.07, 6.45) is 2.62.